The number of nitro groups is 1. The van der Waals surface area contributed by atoms with Crippen LogP contribution in [0.25, 0.3) is 21.4 Å². The van der Waals surface area contributed by atoms with Gasteiger partial charge in [0.1, 0.15) is 5.75 Å². The molecule has 0 aliphatic heterocycles. The average molecular weight is 305 g/mol. The first-order chi connectivity index (χ1) is 9.54. The van der Waals surface area contributed by atoms with Crippen molar-refractivity contribution in [3.8, 4) is 16.9 Å². The molecule has 2 aromatic carbocycles. The zero-order valence-corrected chi connectivity index (χ0v) is 11.5. The summed E-state index contributed by atoms with van der Waals surface area (Å²) in [7, 11) is 0. The largest absolute Gasteiger partial charge is 0.508 e. The summed E-state index contributed by atoms with van der Waals surface area (Å²) in [5.41, 5.74) is 1.68. The Labute approximate surface area is 121 Å². The fourth-order valence-electron chi connectivity index (χ4n) is 1.96. The quantitative estimate of drug-likeness (QED) is 0.428. The molecule has 1 aromatic heterocycles. The summed E-state index contributed by atoms with van der Waals surface area (Å²) in [5.74, 6) is 0.0612. The third-order valence-corrected chi connectivity index (χ3v) is 3.89. The Kier molecular flexibility index (Phi) is 3.00. The molecule has 1 N–H and O–H groups in total. The number of hydrogen-bond donors (Lipinski definition) is 1. The van der Waals surface area contributed by atoms with Crippen molar-refractivity contribution in [2.75, 3.05) is 0 Å². The van der Waals surface area contributed by atoms with Crippen molar-refractivity contribution in [1.29, 1.82) is 0 Å². The van der Waals surface area contributed by atoms with Gasteiger partial charge in [-0.05, 0) is 23.8 Å². The van der Waals surface area contributed by atoms with E-state index in [1.165, 1.54) is 29.5 Å². The van der Waals surface area contributed by atoms with Gasteiger partial charge in [-0.2, -0.15) is 0 Å². The van der Waals surface area contributed by atoms with Gasteiger partial charge in [0, 0.05) is 23.8 Å². The highest BCUT2D eigenvalue weighted by molar-refractivity contribution is 7.73. The van der Waals surface area contributed by atoms with Gasteiger partial charge in [0.15, 0.2) is 5.58 Å². The number of phenols is 1. The van der Waals surface area contributed by atoms with Crippen molar-refractivity contribution in [3.05, 3.63) is 50.5 Å². The van der Waals surface area contributed by atoms with E-state index in [4.69, 9.17) is 16.6 Å². The molecular formula is C13H7NO4S2. The predicted molar refractivity (Wildman–Crippen MR) is 78.7 cm³/mol. The SMILES string of the molecule is O=[N+]([O-])c1cccc(-c2cc(O)cc3sc(=S)oc23)c1. The molecule has 20 heavy (non-hydrogen) atoms. The van der Waals surface area contributed by atoms with Crippen LogP contribution in [0.5, 0.6) is 5.75 Å². The van der Waals surface area contributed by atoms with Crippen LogP contribution in [-0.4, -0.2) is 10.0 Å². The molecule has 0 aliphatic carbocycles. The second-order valence-electron chi connectivity index (χ2n) is 4.08. The van der Waals surface area contributed by atoms with Gasteiger partial charge < -0.3 is 9.52 Å². The molecule has 7 heteroatoms. The Balaban J connectivity index is 2.31. The number of rotatable bonds is 2. The minimum absolute atomic E-state index is 0.0205. The number of nitrogens with zero attached hydrogens (tertiary/aromatic N) is 1. The average Bonchev–Trinajstić information content (AvgIpc) is 2.78. The van der Waals surface area contributed by atoms with Crippen LogP contribution in [0.15, 0.2) is 40.8 Å². The zero-order chi connectivity index (χ0) is 14.3. The Hall–Kier alpha value is -2.25. The molecule has 0 atom stereocenters. The normalized spacial score (nSPS) is 10.8. The van der Waals surface area contributed by atoms with E-state index in [1.54, 1.807) is 18.2 Å². The summed E-state index contributed by atoms with van der Waals surface area (Å²) in [6, 6.07) is 9.21. The van der Waals surface area contributed by atoms with Crippen LogP contribution in [0.3, 0.4) is 0 Å². The van der Waals surface area contributed by atoms with E-state index in [0.717, 1.165) is 0 Å². The highest BCUT2D eigenvalue weighted by Gasteiger charge is 2.13. The van der Waals surface area contributed by atoms with Gasteiger partial charge in [-0.1, -0.05) is 23.5 Å². The first-order valence-electron chi connectivity index (χ1n) is 5.56. The highest BCUT2D eigenvalue weighted by Crippen LogP contribution is 2.37. The van der Waals surface area contributed by atoms with Crippen molar-refractivity contribution < 1.29 is 14.4 Å². The van der Waals surface area contributed by atoms with Crippen LogP contribution in [0.4, 0.5) is 5.69 Å². The number of nitro benzene ring substituents is 1. The number of fused-ring (bicyclic) bond motifs is 1. The zero-order valence-electron chi connectivity index (χ0n) is 9.90. The molecule has 0 saturated carbocycles. The summed E-state index contributed by atoms with van der Waals surface area (Å²) in [5, 5.41) is 20.6. The smallest absolute Gasteiger partial charge is 0.270 e. The lowest BCUT2D eigenvalue weighted by Crippen LogP contribution is -1.88. The van der Waals surface area contributed by atoms with Crippen molar-refractivity contribution >= 4 is 39.5 Å². The number of benzene rings is 2. The van der Waals surface area contributed by atoms with Crippen LogP contribution in [-0.2, 0) is 0 Å². The Bertz CT molecular complexity index is 881. The lowest BCUT2D eigenvalue weighted by Gasteiger charge is -2.03. The van der Waals surface area contributed by atoms with Crippen molar-refractivity contribution in [1.82, 2.24) is 0 Å². The summed E-state index contributed by atoms with van der Waals surface area (Å²) in [4.78, 5) is 10.4. The van der Waals surface area contributed by atoms with E-state index in [9.17, 15) is 15.2 Å². The third kappa shape index (κ3) is 2.17. The topological polar surface area (TPSA) is 76.5 Å². The standard InChI is InChI=1S/C13H7NO4S2/c15-9-5-10(12-11(6-9)20-13(19)18-12)7-2-1-3-8(4-7)14(16)17/h1-6,15H. The first kappa shape index (κ1) is 12.8. The van der Waals surface area contributed by atoms with Crippen molar-refractivity contribution in [2.45, 2.75) is 0 Å². The molecule has 5 nitrogen and oxygen atoms in total. The summed E-state index contributed by atoms with van der Waals surface area (Å²) in [6.07, 6.45) is 0. The number of non-ortho nitro benzene ring substituents is 1. The van der Waals surface area contributed by atoms with Crippen LogP contribution >= 0.6 is 23.6 Å². The molecule has 0 amide bonds. The molecule has 100 valence electrons. The van der Waals surface area contributed by atoms with E-state index in [2.05, 4.69) is 0 Å². The molecule has 0 radical (unpaired) electrons. The fourth-order valence-corrected chi connectivity index (χ4v) is 3.05. The van der Waals surface area contributed by atoms with Gasteiger partial charge in [-0.15, -0.1) is 0 Å². The molecule has 0 unspecified atom stereocenters. The van der Waals surface area contributed by atoms with Crippen LogP contribution in [0, 0.1) is 14.1 Å². The molecule has 0 aliphatic rings. The molecule has 0 spiro atoms. The third-order valence-electron chi connectivity index (χ3n) is 2.79. The van der Waals surface area contributed by atoms with Crippen LogP contribution in [0.1, 0.15) is 0 Å². The molecule has 3 rings (SSSR count). The molecule has 1 heterocycles. The lowest BCUT2D eigenvalue weighted by atomic mass is 10.0. The predicted octanol–water partition coefficient (Wildman–Crippen LogP) is 4.50. The molecule has 0 bridgehead atoms. The maximum absolute atomic E-state index is 10.8. The summed E-state index contributed by atoms with van der Waals surface area (Å²) in [6.45, 7) is 0. The maximum atomic E-state index is 10.8. The van der Waals surface area contributed by atoms with E-state index in [0.29, 0.717) is 25.4 Å². The number of aromatic hydroxyl groups is 1. The lowest BCUT2D eigenvalue weighted by molar-refractivity contribution is -0.384. The van der Waals surface area contributed by atoms with Gasteiger partial charge in [0.2, 0.25) is 4.02 Å². The highest BCUT2D eigenvalue weighted by atomic mass is 32.1. The Morgan fingerprint density at radius 3 is 2.85 bits per heavy atom. The van der Waals surface area contributed by atoms with Gasteiger partial charge in [0.25, 0.3) is 5.69 Å². The monoisotopic (exact) mass is 305 g/mol. The minimum atomic E-state index is -0.466. The number of phenolic OH excluding ortho intramolecular Hbond substituents is 1. The number of hydrogen-bond acceptors (Lipinski definition) is 6. The molecular weight excluding hydrogens is 298 g/mol. The van der Waals surface area contributed by atoms with E-state index >= 15 is 0 Å². The molecule has 0 fully saturated rings. The molecule has 3 aromatic rings. The second-order valence-corrected chi connectivity index (χ2v) is 5.73. The van der Waals surface area contributed by atoms with Gasteiger partial charge >= 0.3 is 0 Å². The fraction of sp³-hybridized carbons (Fsp3) is 0. The maximum Gasteiger partial charge on any atom is 0.270 e. The summed E-state index contributed by atoms with van der Waals surface area (Å²) < 4.78 is 6.51. The summed E-state index contributed by atoms with van der Waals surface area (Å²) >= 11 is 6.24. The minimum Gasteiger partial charge on any atom is -0.508 e. The van der Waals surface area contributed by atoms with Crippen molar-refractivity contribution in [3.63, 3.8) is 0 Å². The van der Waals surface area contributed by atoms with Gasteiger partial charge in [-0.3, -0.25) is 10.1 Å². The van der Waals surface area contributed by atoms with Gasteiger partial charge in [-0.25, -0.2) is 0 Å². The second kappa shape index (κ2) is 4.69. The van der Waals surface area contributed by atoms with Crippen LogP contribution < -0.4 is 0 Å². The Morgan fingerprint density at radius 2 is 2.10 bits per heavy atom. The first-order valence-corrected chi connectivity index (χ1v) is 6.78. The van der Waals surface area contributed by atoms with Crippen LogP contribution in [0.2, 0.25) is 0 Å². The van der Waals surface area contributed by atoms with Crippen molar-refractivity contribution in [2.24, 2.45) is 0 Å². The van der Waals surface area contributed by atoms with E-state index in [-0.39, 0.29) is 11.4 Å². The molecule has 0 saturated heterocycles. The Morgan fingerprint density at radius 1 is 1.30 bits per heavy atom. The van der Waals surface area contributed by atoms with Gasteiger partial charge in [0.05, 0.1) is 9.62 Å². The van der Waals surface area contributed by atoms with E-state index in [1.807, 2.05) is 0 Å². The van der Waals surface area contributed by atoms with E-state index < -0.39 is 4.92 Å².